The van der Waals surface area contributed by atoms with Crippen LogP contribution in [0.15, 0.2) is 24.3 Å². The quantitative estimate of drug-likeness (QED) is 0.725. The maximum absolute atomic E-state index is 10.9. The number of rotatable bonds is 0. The van der Waals surface area contributed by atoms with Gasteiger partial charge in [-0.15, -0.1) is 0 Å². The Balaban J connectivity index is 2.23. The summed E-state index contributed by atoms with van der Waals surface area (Å²) in [5, 5.41) is 10.9. The molecule has 1 aliphatic carbocycles. The predicted octanol–water partition coefficient (Wildman–Crippen LogP) is 2.85. The van der Waals surface area contributed by atoms with Crippen LogP contribution < -0.4 is 4.74 Å². The highest BCUT2D eigenvalue weighted by Crippen LogP contribution is 2.65. The summed E-state index contributed by atoms with van der Waals surface area (Å²) >= 11 is 0. The van der Waals surface area contributed by atoms with Gasteiger partial charge in [0.15, 0.2) is 0 Å². The summed E-state index contributed by atoms with van der Waals surface area (Å²) in [5.41, 5.74) is -0.261. The number of ether oxygens (including phenoxy) is 1. The van der Waals surface area contributed by atoms with E-state index < -0.39 is 5.60 Å². The molecule has 0 radical (unpaired) electrons. The smallest absolute Gasteiger partial charge is 0.126 e. The summed E-state index contributed by atoms with van der Waals surface area (Å²) in [4.78, 5) is 0. The summed E-state index contributed by atoms with van der Waals surface area (Å²) in [6.07, 6.45) is 2.04. The minimum Gasteiger partial charge on any atom is -0.486 e. The number of para-hydroxylation sites is 1. The van der Waals surface area contributed by atoms with E-state index in [1.807, 2.05) is 31.2 Å². The summed E-state index contributed by atoms with van der Waals surface area (Å²) in [5.74, 6) is 0.840. The predicted molar refractivity (Wildman–Crippen MR) is 62.4 cm³/mol. The molecule has 2 nitrogen and oxygen atoms in total. The van der Waals surface area contributed by atoms with E-state index in [0.29, 0.717) is 0 Å². The van der Waals surface area contributed by atoms with Crippen LogP contribution in [0.4, 0.5) is 0 Å². The van der Waals surface area contributed by atoms with Crippen LogP contribution in [0.5, 0.6) is 5.75 Å². The molecule has 2 heteroatoms. The zero-order valence-corrected chi connectivity index (χ0v) is 10.1. The maximum Gasteiger partial charge on any atom is 0.126 e. The van der Waals surface area contributed by atoms with E-state index in [1.54, 1.807) is 0 Å². The number of aliphatic hydroxyl groups is 1. The first kappa shape index (κ1) is 10.2. The average molecular weight is 218 g/mol. The van der Waals surface area contributed by atoms with Gasteiger partial charge in [0.05, 0.1) is 5.60 Å². The number of hydrogen-bond donors (Lipinski definition) is 1. The molecule has 1 saturated carbocycles. The number of hydrogen-bond acceptors (Lipinski definition) is 2. The van der Waals surface area contributed by atoms with Crippen molar-refractivity contribution in [3.63, 3.8) is 0 Å². The fourth-order valence-electron chi connectivity index (χ4n) is 3.27. The van der Waals surface area contributed by atoms with Crippen molar-refractivity contribution < 1.29 is 9.84 Å². The van der Waals surface area contributed by atoms with Gasteiger partial charge in [0.1, 0.15) is 11.4 Å². The van der Waals surface area contributed by atoms with Crippen LogP contribution in [0.25, 0.3) is 0 Å². The van der Waals surface area contributed by atoms with E-state index in [-0.39, 0.29) is 11.0 Å². The van der Waals surface area contributed by atoms with E-state index in [2.05, 4.69) is 13.8 Å². The standard InChI is InChI=1S/C14H18O2/c1-12-8-9-13(12,2)16-11-7-5-4-6-10(11)14(12,3)15/h4-7,15H,8-9H2,1-3H3/t12-,13+,14+/m0/s1. The molecular weight excluding hydrogens is 200 g/mol. The third-order valence-corrected chi connectivity index (χ3v) is 5.09. The lowest BCUT2D eigenvalue weighted by Gasteiger charge is -2.64. The molecule has 0 aromatic heterocycles. The second-order valence-electron chi connectivity index (χ2n) is 5.73. The average Bonchev–Trinajstić information content (AvgIpc) is 2.25. The van der Waals surface area contributed by atoms with Crippen LogP contribution in [-0.2, 0) is 5.60 Å². The van der Waals surface area contributed by atoms with Gasteiger partial charge in [0.25, 0.3) is 0 Å². The van der Waals surface area contributed by atoms with Crippen LogP contribution in [0.2, 0.25) is 0 Å². The third kappa shape index (κ3) is 0.881. The zero-order valence-electron chi connectivity index (χ0n) is 10.1. The van der Waals surface area contributed by atoms with Gasteiger partial charge in [-0.25, -0.2) is 0 Å². The second-order valence-corrected chi connectivity index (χ2v) is 5.73. The largest absolute Gasteiger partial charge is 0.486 e. The number of benzene rings is 1. The molecule has 1 aliphatic heterocycles. The van der Waals surface area contributed by atoms with Gasteiger partial charge < -0.3 is 9.84 Å². The van der Waals surface area contributed by atoms with Crippen LogP contribution >= 0.6 is 0 Å². The molecule has 0 amide bonds. The first-order valence-electron chi connectivity index (χ1n) is 5.92. The summed E-state index contributed by atoms with van der Waals surface area (Å²) in [7, 11) is 0. The Kier molecular flexibility index (Phi) is 1.66. The SMILES string of the molecule is C[C@]12CC[C@@]1(C)Oc1ccccc1[C@@]2(C)O. The molecular formula is C14H18O2. The molecule has 0 saturated heterocycles. The normalized spacial score (nSPS) is 45.0. The Labute approximate surface area is 96.2 Å². The first-order chi connectivity index (χ1) is 7.41. The third-order valence-electron chi connectivity index (χ3n) is 5.09. The maximum atomic E-state index is 10.9. The van der Waals surface area contributed by atoms with Crippen molar-refractivity contribution in [1.82, 2.24) is 0 Å². The van der Waals surface area contributed by atoms with Crippen LogP contribution in [0.3, 0.4) is 0 Å². The van der Waals surface area contributed by atoms with Crippen molar-refractivity contribution in [2.75, 3.05) is 0 Å². The van der Waals surface area contributed by atoms with Crippen molar-refractivity contribution in [2.45, 2.75) is 44.8 Å². The Bertz CT molecular complexity index is 452. The summed E-state index contributed by atoms with van der Waals surface area (Å²) in [6.45, 7) is 6.17. The Hall–Kier alpha value is -1.02. The lowest BCUT2D eigenvalue weighted by Crippen LogP contribution is -2.68. The lowest BCUT2D eigenvalue weighted by atomic mass is 9.48. The van der Waals surface area contributed by atoms with Gasteiger partial charge in [0.2, 0.25) is 0 Å². The van der Waals surface area contributed by atoms with Crippen molar-refractivity contribution in [2.24, 2.45) is 5.41 Å². The molecule has 0 spiro atoms. The van der Waals surface area contributed by atoms with E-state index in [4.69, 9.17) is 4.74 Å². The van der Waals surface area contributed by atoms with Crippen molar-refractivity contribution in [3.8, 4) is 5.75 Å². The van der Waals surface area contributed by atoms with Crippen molar-refractivity contribution in [1.29, 1.82) is 0 Å². The molecule has 1 N–H and O–H groups in total. The van der Waals surface area contributed by atoms with Gasteiger partial charge in [-0.05, 0) is 32.8 Å². The molecule has 1 heterocycles. The zero-order chi connectivity index (χ0) is 11.6. The highest BCUT2D eigenvalue weighted by molar-refractivity contribution is 5.44. The van der Waals surface area contributed by atoms with Gasteiger partial charge in [-0.2, -0.15) is 0 Å². The molecule has 3 atom stereocenters. The van der Waals surface area contributed by atoms with E-state index >= 15 is 0 Å². The van der Waals surface area contributed by atoms with Gasteiger partial charge in [0, 0.05) is 11.0 Å². The fourth-order valence-corrected chi connectivity index (χ4v) is 3.27. The summed E-state index contributed by atoms with van der Waals surface area (Å²) in [6, 6.07) is 7.84. The molecule has 0 unspecified atom stereocenters. The molecule has 1 fully saturated rings. The van der Waals surface area contributed by atoms with Crippen molar-refractivity contribution in [3.05, 3.63) is 29.8 Å². The molecule has 3 rings (SSSR count). The second kappa shape index (κ2) is 2.62. The Morgan fingerprint density at radius 2 is 1.81 bits per heavy atom. The highest BCUT2D eigenvalue weighted by Gasteiger charge is 2.67. The monoisotopic (exact) mass is 218 g/mol. The topological polar surface area (TPSA) is 29.5 Å². The van der Waals surface area contributed by atoms with E-state index in [9.17, 15) is 5.11 Å². The Morgan fingerprint density at radius 3 is 2.44 bits per heavy atom. The molecule has 0 bridgehead atoms. The molecule has 1 aromatic rings. The summed E-state index contributed by atoms with van der Waals surface area (Å²) < 4.78 is 6.10. The molecule has 86 valence electrons. The molecule has 2 aliphatic rings. The van der Waals surface area contributed by atoms with E-state index in [0.717, 1.165) is 24.2 Å². The molecule has 16 heavy (non-hydrogen) atoms. The van der Waals surface area contributed by atoms with Crippen LogP contribution in [0, 0.1) is 5.41 Å². The van der Waals surface area contributed by atoms with Gasteiger partial charge in [-0.3, -0.25) is 0 Å². The lowest BCUT2D eigenvalue weighted by molar-refractivity contribution is -0.244. The fraction of sp³-hybridized carbons (Fsp3) is 0.571. The van der Waals surface area contributed by atoms with Crippen LogP contribution in [0.1, 0.15) is 39.2 Å². The highest BCUT2D eigenvalue weighted by atomic mass is 16.5. The Morgan fingerprint density at radius 1 is 1.12 bits per heavy atom. The minimum atomic E-state index is -0.797. The molecule has 1 aromatic carbocycles. The minimum absolute atomic E-state index is 0.172. The van der Waals surface area contributed by atoms with Crippen molar-refractivity contribution >= 4 is 0 Å². The van der Waals surface area contributed by atoms with Crippen LogP contribution in [-0.4, -0.2) is 10.7 Å². The first-order valence-corrected chi connectivity index (χ1v) is 5.92. The number of fused-ring (bicyclic) bond motifs is 2. The van der Waals surface area contributed by atoms with E-state index in [1.165, 1.54) is 0 Å². The van der Waals surface area contributed by atoms with Gasteiger partial charge in [-0.1, -0.05) is 25.1 Å². The van der Waals surface area contributed by atoms with Gasteiger partial charge >= 0.3 is 0 Å².